The second kappa shape index (κ2) is 8.11. The van der Waals surface area contributed by atoms with Crippen LogP contribution in [0.4, 0.5) is 5.69 Å². The monoisotopic (exact) mass is 389 g/mol. The van der Waals surface area contributed by atoms with E-state index in [0.717, 1.165) is 17.6 Å². The topological polar surface area (TPSA) is 65.2 Å². The van der Waals surface area contributed by atoms with Crippen molar-refractivity contribution in [3.8, 4) is 0 Å². The number of para-hydroxylation sites is 1. The molecule has 0 radical (unpaired) electrons. The SMILES string of the molecule is CC(C)c1ccc(N2CC(C(=O)NCCc3c[nH]c4ccccc34)CC2=O)cc1. The molecule has 1 unspecified atom stereocenters. The smallest absolute Gasteiger partial charge is 0.227 e. The molecule has 0 aliphatic carbocycles. The molecule has 1 fully saturated rings. The zero-order valence-corrected chi connectivity index (χ0v) is 16.9. The summed E-state index contributed by atoms with van der Waals surface area (Å²) in [6.07, 6.45) is 3.03. The molecule has 0 spiro atoms. The van der Waals surface area contributed by atoms with E-state index in [0.29, 0.717) is 19.0 Å². The molecule has 1 aliphatic rings. The minimum absolute atomic E-state index is 0.0130. The van der Waals surface area contributed by atoms with Gasteiger partial charge in [-0.05, 0) is 41.7 Å². The maximum Gasteiger partial charge on any atom is 0.227 e. The first kappa shape index (κ1) is 19.2. The van der Waals surface area contributed by atoms with Gasteiger partial charge in [0.05, 0.1) is 5.92 Å². The zero-order chi connectivity index (χ0) is 20.4. The van der Waals surface area contributed by atoms with Crippen molar-refractivity contribution in [1.82, 2.24) is 10.3 Å². The number of carbonyl (C=O) groups is 2. The van der Waals surface area contributed by atoms with Gasteiger partial charge in [0.1, 0.15) is 0 Å². The van der Waals surface area contributed by atoms with Gasteiger partial charge < -0.3 is 15.2 Å². The van der Waals surface area contributed by atoms with Crippen molar-refractivity contribution in [2.24, 2.45) is 5.92 Å². The minimum atomic E-state index is -0.296. The molecule has 2 amide bonds. The van der Waals surface area contributed by atoms with E-state index < -0.39 is 0 Å². The molecule has 1 aliphatic heterocycles. The van der Waals surface area contributed by atoms with Gasteiger partial charge in [0.2, 0.25) is 11.8 Å². The van der Waals surface area contributed by atoms with Gasteiger partial charge in [-0.1, -0.05) is 44.2 Å². The number of aromatic nitrogens is 1. The Balaban J connectivity index is 1.33. The predicted molar refractivity (Wildman–Crippen MR) is 116 cm³/mol. The Labute approximate surface area is 171 Å². The Morgan fingerprint density at radius 3 is 2.69 bits per heavy atom. The lowest BCUT2D eigenvalue weighted by atomic mass is 10.0. The number of carbonyl (C=O) groups excluding carboxylic acids is 2. The summed E-state index contributed by atoms with van der Waals surface area (Å²) < 4.78 is 0. The average Bonchev–Trinajstić information content (AvgIpc) is 3.32. The van der Waals surface area contributed by atoms with Crippen molar-refractivity contribution in [3.05, 3.63) is 65.9 Å². The number of nitrogens with one attached hydrogen (secondary N) is 2. The number of rotatable bonds is 6. The molecule has 3 aromatic rings. The van der Waals surface area contributed by atoms with Gasteiger partial charge in [-0.25, -0.2) is 0 Å². The van der Waals surface area contributed by atoms with E-state index in [1.807, 2.05) is 36.5 Å². The molecule has 1 saturated heterocycles. The molecule has 0 saturated carbocycles. The largest absolute Gasteiger partial charge is 0.361 e. The molecular formula is C24H27N3O2. The van der Waals surface area contributed by atoms with Crippen LogP contribution in [0.1, 0.15) is 37.3 Å². The molecule has 5 heteroatoms. The van der Waals surface area contributed by atoms with Gasteiger partial charge in [-0.3, -0.25) is 9.59 Å². The van der Waals surface area contributed by atoms with Gasteiger partial charge in [0, 0.05) is 42.3 Å². The predicted octanol–water partition coefficient (Wildman–Crippen LogP) is 4.00. The quantitative estimate of drug-likeness (QED) is 0.669. The lowest BCUT2D eigenvalue weighted by Gasteiger charge is -2.17. The Hall–Kier alpha value is -3.08. The summed E-state index contributed by atoms with van der Waals surface area (Å²) in [7, 11) is 0. The van der Waals surface area contributed by atoms with Crippen molar-refractivity contribution >= 4 is 28.4 Å². The van der Waals surface area contributed by atoms with E-state index in [2.05, 4.69) is 42.3 Å². The van der Waals surface area contributed by atoms with Crippen LogP contribution in [0.3, 0.4) is 0 Å². The molecule has 4 rings (SSSR count). The number of aromatic amines is 1. The summed E-state index contributed by atoms with van der Waals surface area (Å²) >= 11 is 0. The number of hydrogen-bond donors (Lipinski definition) is 2. The molecule has 1 atom stereocenters. The minimum Gasteiger partial charge on any atom is -0.361 e. The molecule has 5 nitrogen and oxygen atoms in total. The second-order valence-corrected chi connectivity index (χ2v) is 8.05. The van der Waals surface area contributed by atoms with Gasteiger partial charge in [-0.2, -0.15) is 0 Å². The Kier molecular flexibility index (Phi) is 5.38. The van der Waals surface area contributed by atoms with E-state index in [-0.39, 0.29) is 24.2 Å². The summed E-state index contributed by atoms with van der Waals surface area (Å²) in [4.78, 5) is 30.1. The van der Waals surface area contributed by atoms with E-state index in [1.54, 1.807) is 4.90 Å². The first-order valence-corrected chi connectivity index (χ1v) is 10.3. The first-order chi connectivity index (χ1) is 14.0. The Morgan fingerprint density at radius 1 is 1.17 bits per heavy atom. The van der Waals surface area contributed by atoms with Gasteiger partial charge in [0.25, 0.3) is 0 Å². The summed E-state index contributed by atoms with van der Waals surface area (Å²) in [5.41, 5.74) is 4.41. The van der Waals surface area contributed by atoms with Crippen LogP contribution < -0.4 is 10.2 Å². The molecule has 29 heavy (non-hydrogen) atoms. The van der Waals surface area contributed by atoms with Crippen LogP contribution in [0.25, 0.3) is 10.9 Å². The third-order valence-corrected chi connectivity index (χ3v) is 5.74. The van der Waals surface area contributed by atoms with Gasteiger partial charge in [-0.15, -0.1) is 0 Å². The van der Waals surface area contributed by atoms with E-state index in [9.17, 15) is 9.59 Å². The fraction of sp³-hybridized carbons (Fsp3) is 0.333. The summed E-state index contributed by atoms with van der Waals surface area (Å²) in [6, 6.07) is 16.2. The number of amides is 2. The lowest BCUT2D eigenvalue weighted by Crippen LogP contribution is -2.34. The maximum atomic E-state index is 12.6. The number of hydrogen-bond acceptors (Lipinski definition) is 2. The number of anilines is 1. The van der Waals surface area contributed by atoms with Gasteiger partial charge >= 0.3 is 0 Å². The Bertz CT molecular complexity index is 1020. The summed E-state index contributed by atoms with van der Waals surface area (Å²) in [6.45, 7) is 5.30. The molecule has 2 N–H and O–H groups in total. The van der Waals surface area contributed by atoms with Crippen LogP contribution >= 0.6 is 0 Å². The fourth-order valence-electron chi connectivity index (χ4n) is 3.98. The average molecular weight is 389 g/mol. The maximum absolute atomic E-state index is 12.6. The number of nitrogens with zero attached hydrogens (tertiary/aromatic N) is 1. The van der Waals surface area contributed by atoms with Crippen LogP contribution in [0, 0.1) is 5.92 Å². The number of fused-ring (bicyclic) bond motifs is 1. The number of benzene rings is 2. The van der Waals surface area contributed by atoms with Crippen molar-refractivity contribution < 1.29 is 9.59 Å². The van der Waals surface area contributed by atoms with E-state index >= 15 is 0 Å². The van der Waals surface area contributed by atoms with Crippen LogP contribution in [0.2, 0.25) is 0 Å². The Morgan fingerprint density at radius 2 is 1.93 bits per heavy atom. The lowest BCUT2D eigenvalue weighted by molar-refractivity contribution is -0.126. The number of H-pyrrole nitrogens is 1. The standard InChI is InChI=1S/C24H27N3O2/c1-16(2)17-7-9-20(10-8-17)27-15-19(13-23(27)28)24(29)25-12-11-18-14-26-22-6-4-3-5-21(18)22/h3-10,14,16,19,26H,11-13,15H2,1-2H3,(H,25,29). The van der Waals surface area contributed by atoms with Crippen molar-refractivity contribution in [1.29, 1.82) is 0 Å². The van der Waals surface area contributed by atoms with Crippen LogP contribution in [0.5, 0.6) is 0 Å². The summed E-state index contributed by atoms with van der Waals surface area (Å²) in [5, 5.41) is 4.20. The third kappa shape index (κ3) is 4.04. The van der Waals surface area contributed by atoms with Crippen LogP contribution in [-0.2, 0) is 16.0 Å². The first-order valence-electron chi connectivity index (χ1n) is 10.3. The van der Waals surface area contributed by atoms with E-state index in [1.165, 1.54) is 16.5 Å². The summed E-state index contributed by atoms with van der Waals surface area (Å²) in [5.74, 6) is 0.128. The highest BCUT2D eigenvalue weighted by Gasteiger charge is 2.34. The molecular weight excluding hydrogens is 362 g/mol. The molecule has 150 valence electrons. The second-order valence-electron chi connectivity index (χ2n) is 8.05. The highest BCUT2D eigenvalue weighted by molar-refractivity contribution is 6.00. The highest BCUT2D eigenvalue weighted by Crippen LogP contribution is 2.27. The van der Waals surface area contributed by atoms with Crippen LogP contribution in [-0.4, -0.2) is 29.9 Å². The zero-order valence-electron chi connectivity index (χ0n) is 16.9. The molecule has 2 aromatic carbocycles. The molecule has 0 bridgehead atoms. The van der Waals surface area contributed by atoms with Crippen molar-refractivity contribution in [3.63, 3.8) is 0 Å². The molecule has 2 heterocycles. The normalized spacial score (nSPS) is 16.7. The fourth-order valence-corrected chi connectivity index (χ4v) is 3.98. The third-order valence-electron chi connectivity index (χ3n) is 5.74. The van der Waals surface area contributed by atoms with Crippen molar-refractivity contribution in [2.45, 2.75) is 32.6 Å². The molecule has 1 aromatic heterocycles. The highest BCUT2D eigenvalue weighted by atomic mass is 16.2. The van der Waals surface area contributed by atoms with Crippen molar-refractivity contribution in [2.75, 3.05) is 18.0 Å². The van der Waals surface area contributed by atoms with Crippen LogP contribution in [0.15, 0.2) is 54.7 Å². The van der Waals surface area contributed by atoms with E-state index in [4.69, 9.17) is 0 Å². The van der Waals surface area contributed by atoms with Gasteiger partial charge in [0.15, 0.2) is 0 Å².